The number of anilines is 3. The monoisotopic (exact) mass is 397 g/mol. The minimum absolute atomic E-state index is 0.549. The predicted octanol–water partition coefficient (Wildman–Crippen LogP) is 3.91. The van der Waals surface area contributed by atoms with E-state index in [1.54, 1.807) is 20.4 Å². The van der Waals surface area contributed by atoms with E-state index in [-0.39, 0.29) is 0 Å². The molecule has 29 heavy (non-hydrogen) atoms. The number of piperidine rings is 2. The van der Waals surface area contributed by atoms with Gasteiger partial charge in [0.25, 0.3) is 0 Å². The Morgan fingerprint density at radius 2 is 1.83 bits per heavy atom. The highest BCUT2D eigenvalue weighted by atomic mass is 16.5. The Bertz CT molecular complexity index is 791. The summed E-state index contributed by atoms with van der Waals surface area (Å²) in [6.07, 6.45) is 8.43. The highest BCUT2D eigenvalue weighted by Crippen LogP contribution is 2.31. The fourth-order valence-electron chi connectivity index (χ4n) is 4.58. The maximum atomic E-state index is 5.33. The van der Waals surface area contributed by atoms with E-state index in [4.69, 9.17) is 9.47 Å². The first-order chi connectivity index (χ1) is 14.2. The number of nitrogens with zero attached hydrogens (tertiary/aromatic N) is 3. The summed E-state index contributed by atoms with van der Waals surface area (Å²) >= 11 is 0. The first kappa shape index (κ1) is 19.8. The van der Waals surface area contributed by atoms with Crippen molar-refractivity contribution in [3.63, 3.8) is 0 Å². The topological polar surface area (TPSA) is 71.5 Å². The molecule has 0 saturated carbocycles. The van der Waals surface area contributed by atoms with E-state index >= 15 is 0 Å². The molecular formula is C22H31N5O2. The molecule has 0 aliphatic carbocycles. The van der Waals surface area contributed by atoms with Crippen molar-refractivity contribution < 1.29 is 9.47 Å². The second-order valence-electron chi connectivity index (χ2n) is 7.87. The summed E-state index contributed by atoms with van der Waals surface area (Å²) in [5, 5.41) is 6.80. The summed E-state index contributed by atoms with van der Waals surface area (Å²) in [5.41, 5.74) is 0.823. The third-order valence-corrected chi connectivity index (χ3v) is 6.04. The number of aromatic nitrogens is 2. The molecule has 2 aliphatic heterocycles. The number of hydrogen-bond donors (Lipinski definition) is 2. The van der Waals surface area contributed by atoms with Crippen LogP contribution in [0.1, 0.15) is 32.1 Å². The van der Waals surface area contributed by atoms with Gasteiger partial charge in [-0.2, -0.15) is 4.98 Å². The van der Waals surface area contributed by atoms with E-state index in [0.717, 1.165) is 35.6 Å². The van der Waals surface area contributed by atoms with Crippen molar-refractivity contribution in [2.45, 2.75) is 38.1 Å². The largest absolute Gasteiger partial charge is 0.497 e. The normalized spacial score (nSPS) is 21.9. The maximum Gasteiger partial charge on any atom is 0.229 e. The Balaban J connectivity index is 1.40. The molecule has 0 amide bonds. The molecule has 1 aromatic carbocycles. The number of fused-ring (bicyclic) bond motifs is 1. The van der Waals surface area contributed by atoms with Gasteiger partial charge in [-0.1, -0.05) is 6.42 Å². The number of rotatable bonds is 7. The number of nitrogens with one attached hydrogen (secondary N) is 2. The Kier molecular flexibility index (Phi) is 6.34. The van der Waals surface area contributed by atoms with Gasteiger partial charge in [0, 0.05) is 42.7 Å². The summed E-state index contributed by atoms with van der Waals surface area (Å²) in [6, 6.07) is 8.28. The zero-order valence-electron chi connectivity index (χ0n) is 17.4. The molecule has 156 valence electrons. The molecule has 2 fully saturated rings. The van der Waals surface area contributed by atoms with Crippen LogP contribution in [0, 0.1) is 5.92 Å². The molecule has 3 heterocycles. The van der Waals surface area contributed by atoms with Gasteiger partial charge in [-0.3, -0.25) is 0 Å². The number of benzene rings is 1. The smallest absolute Gasteiger partial charge is 0.229 e. The molecule has 4 rings (SSSR count). The SMILES string of the molecule is COc1cc(Nc2nccc(NC[C@@H]3CCCN4CCCC[C@H]34)n2)cc(OC)c1. The van der Waals surface area contributed by atoms with Crippen LogP contribution in [0.4, 0.5) is 17.5 Å². The first-order valence-corrected chi connectivity index (χ1v) is 10.6. The Hall–Kier alpha value is -2.54. The van der Waals surface area contributed by atoms with Crippen molar-refractivity contribution in [1.82, 2.24) is 14.9 Å². The van der Waals surface area contributed by atoms with Gasteiger partial charge in [-0.15, -0.1) is 0 Å². The third kappa shape index (κ3) is 4.90. The van der Waals surface area contributed by atoms with Crippen molar-refractivity contribution in [2.24, 2.45) is 5.92 Å². The zero-order chi connectivity index (χ0) is 20.1. The molecule has 2 aromatic rings. The van der Waals surface area contributed by atoms with E-state index in [9.17, 15) is 0 Å². The van der Waals surface area contributed by atoms with Crippen LogP contribution < -0.4 is 20.1 Å². The maximum absolute atomic E-state index is 5.33. The predicted molar refractivity (Wildman–Crippen MR) is 115 cm³/mol. The van der Waals surface area contributed by atoms with Gasteiger partial charge in [0.2, 0.25) is 5.95 Å². The lowest BCUT2D eigenvalue weighted by Crippen LogP contribution is -2.49. The van der Waals surface area contributed by atoms with Crippen LogP contribution in [0.15, 0.2) is 30.5 Å². The van der Waals surface area contributed by atoms with Crippen molar-refractivity contribution >= 4 is 17.5 Å². The molecule has 2 saturated heterocycles. The molecule has 0 radical (unpaired) electrons. The third-order valence-electron chi connectivity index (χ3n) is 6.04. The van der Waals surface area contributed by atoms with E-state index < -0.39 is 0 Å². The number of hydrogen-bond acceptors (Lipinski definition) is 7. The molecule has 2 atom stereocenters. The highest BCUT2D eigenvalue weighted by molar-refractivity contribution is 5.60. The number of ether oxygens (including phenoxy) is 2. The second kappa shape index (κ2) is 9.31. The summed E-state index contributed by atoms with van der Waals surface area (Å²) < 4.78 is 10.7. The van der Waals surface area contributed by atoms with Crippen LogP contribution in [0.2, 0.25) is 0 Å². The van der Waals surface area contributed by atoms with Gasteiger partial charge in [0.15, 0.2) is 0 Å². The average molecular weight is 398 g/mol. The second-order valence-corrected chi connectivity index (χ2v) is 7.87. The van der Waals surface area contributed by atoms with Crippen LogP contribution >= 0.6 is 0 Å². The van der Waals surface area contributed by atoms with Gasteiger partial charge in [-0.25, -0.2) is 4.98 Å². The highest BCUT2D eigenvalue weighted by Gasteiger charge is 2.32. The van der Waals surface area contributed by atoms with Crippen LogP contribution in [-0.4, -0.2) is 54.8 Å². The minimum atomic E-state index is 0.549. The molecular weight excluding hydrogens is 366 g/mol. The van der Waals surface area contributed by atoms with Gasteiger partial charge in [-0.05, 0) is 50.8 Å². The van der Waals surface area contributed by atoms with Crippen molar-refractivity contribution in [1.29, 1.82) is 0 Å². The molecule has 7 nitrogen and oxygen atoms in total. The van der Waals surface area contributed by atoms with Gasteiger partial charge in [0.1, 0.15) is 17.3 Å². The summed E-state index contributed by atoms with van der Waals surface area (Å²) in [7, 11) is 3.27. The van der Waals surface area contributed by atoms with Crippen LogP contribution in [0.25, 0.3) is 0 Å². The Morgan fingerprint density at radius 1 is 1.03 bits per heavy atom. The summed E-state index contributed by atoms with van der Waals surface area (Å²) in [6.45, 7) is 3.50. The van der Waals surface area contributed by atoms with Crippen molar-refractivity contribution in [2.75, 3.05) is 44.5 Å². The van der Waals surface area contributed by atoms with Gasteiger partial charge >= 0.3 is 0 Å². The quantitative estimate of drug-likeness (QED) is 0.734. The van der Waals surface area contributed by atoms with E-state index in [1.165, 1.54) is 45.2 Å². The molecule has 1 aromatic heterocycles. The van der Waals surface area contributed by atoms with Crippen molar-refractivity contribution in [3.05, 3.63) is 30.5 Å². The average Bonchev–Trinajstić information content (AvgIpc) is 2.77. The standard InChI is InChI=1S/C22H31N5O2/c1-28-18-12-17(13-19(14-18)29-2)25-22-23-9-8-21(26-22)24-15-16-6-5-11-27-10-4-3-7-20(16)27/h8-9,12-14,16,20H,3-7,10-11,15H2,1-2H3,(H2,23,24,25,26)/t16-,20+/m0/s1. The van der Waals surface area contributed by atoms with E-state index in [2.05, 4.69) is 25.5 Å². The van der Waals surface area contributed by atoms with E-state index in [1.807, 2.05) is 24.3 Å². The molecule has 0 unspecified atom stereocenters. The van der Waals surface area contributed by atoms with Crippen LogP contribution in [0.5, 0.6) is 11.5 Å². The fraction of sp³-hybridized carbons (Fsp3) is 0.545. The molecule has 7 heteroatoms. The molecule has 0 spiro atoms. The zero-order valence-corrected chi connectivity index (χ0v) is 17.4. The lowest BCUT2D eigenvalue weighted by Gasteiger charge is -2.44. The molecule has 0 bridgehead atoms. The Morgan fingerprint density at radius 3 is 2.62 bits per heavy atom. The minimum Gasteiger partial charge on any atom is -0.497 e. The lowest BCUT2D eigenvalue weighted by molar-refractivity contribution is 0.0649. The van der Waals surface area contributed by atoms with E-state index in [0.29, 0.717) is 11.9 Å². The first-order valence-electron chi connectivity index (χ1n) is 10.6. The Labute approximate surface area is 172 Å². The fourth-order valence-corrected chi connectivity index (χ4v) is 4.58. The van der Waals surface area contributed by atoms with Gasteiger partial charge < -0.3 is 25.0 Å². The molecule has 2 N–H and O–H groups in total. The summed E-state index contributed by atoms with van der Waals surface area (Å²) in [5.74, 6) is 3.53. The number of methoxy groups -OCH3 is 2. The van der Waals surface area contributed by atoms with Crippen molar-refractivity contribution in [3.8, 4) is 11.5 Å². The van der Waals surface area contributed by atoms with Gasteiger partial charge in [0.05, 0.1) is 14.2 Å². The van der Waals surface area contributed by atoms with Crippen LogP contribution in [-0.2, 0) is 0 Å². The molecule has 2 aliphatic rings. The summed E-state index contributed by atoms with van der Waals surface area (Å²) in [4.78, 5) is 11.7. The lowest BCUT2D eigenvalue weighted by atomic mass is 9.83. The van der Waals surface area contributed by atoms with Crippen LogP contribution in [0.3, 0.4) is 0 Å².